The standard InChI is InChI=1S/C18H18N2O5/c1-18(10-14(20-25-18)12-6-4-3-5-7-12)17(22)19-11-13-8-9-15(24-13)16(21)23-2/h3-9H,10-11H2,1-2H3,(H,19,22). The molecule has 25 heavy (non-hydrogen) atoms. The zero-order chi connectivity index (χ0) is 17.9. The first kappa shape index (κ1) is 16.8. The van der Waals surface area contributed by atoms with Gasteiger partial charge >= 0.3 is 5.97 Å². The number of furan rings is 1. The number of methoxy groups -OCH3 is 1. The van der Waals surface area contributed by atoms with E-state index in [1.807, 2.05) is 30.3 Å². The Morgan fingerprint density at radius 3 is 2.72 bits per heavy atom. The minimum absolute atomic E-state index is 0.0878. The van der Waals surface area contributed by atoms with Crippen LogP contribution in [0.25, 0.3) is 0 Å². The maximum absolute atomic E-state index is 12.5. The van der Waals surface area contributed by atoms with Crippen LogP contribution in [0.4, 0.5) is 0 Å². The minimum Gasteiger partial charge on any atom is -0.463 e. The van der Waals surface area contributed by atoms with Gasteiger partial charge in [-0.3, -0.25) is 4.79 Å². The Kier molecular flexibility index (Phi) is 4.56. The van der Waals surface area contributed by atoms with E-state index in [0.717, 1.165) is 11.3 Å². The second kappa shape index (κ2) is 6.80. The van der Waals surface area contributed by atoms with Crippen LogP contribution in [0.5, 0.6) is 0 Å². The Bertz CT molecular complexity index is 812. The molecule has 7 heteroatoms. The molecule has 1 atom stereocenters. The molecule has 2 aromatic rings. The molecule has 1 aromatic heterocycles. The van der Waals surface area contributed by atoms with Gasteiger partial charge in [0.2, 0.25) is 11.4 Å². The van der Waals surface area contributed by atoms with Crippen molar-refractivity contribution in [3.63, 3.8) is 0 Å². The lowest BCUT2D eigenvalue weighted by Gasteiger charge is -2.20. The summed E-state index contributed by atoms with van der Waals surface area (Å²) in [6, 6.07) is 12.7. The van der Waals surface area contributed by atoms with E-state index in [4.69, 9.17) is 9.25 Å². The van der Waals surface area contributed by atoms with Crippen LogP contribution in [0.1, 0.15) is 35.2 Å². The van der Waals surface area contributed by atoms with Crippen LogP contribution >= 0.6 is 0 Å². The molecular formula is C18H18N2O5. The zero-order valence-corrected chi connectivity index (χ0v) is 13.9. The lowest BCUT2D eigenvalue weighted by Crippen LogP contribution is -2.44. The van der Waals surface area contributed by atoms with E-state index in [1.165, 1.54) is 13.2 Å². The number of nitrogens with one attached hydrogen (secondary N) is 1. The molecule has 1 unspecified atom stereocenters. The summed E-state index contributed by atoms with van der Waals surface area (Å²) in [5.41, 5.74) is 0.570. The first-order chi connectivity index (χ1) is 12.0. The van der Waals surface area contributed by atoms with Crippen LogP contribution in [0.15, 0.2) is 52.0 Å². The van der Waals surface area contributed by atoms with Gasteiger partial charge < -0.3 is 19.3 Å². The van der Waals surface area contributed by atoms with Gasteiger partial charge in [-0.15, -0.1) is 0 Å². The topological polar surface area (TPSA) is 90.1 Å². The molecule has 130 valence electrons. The van der Waals surface area contributed by atoms with Crippen molar-refractivity contribution < 1.29 is 23.6 Å². The van der Waals surface area contributed by atoms with Crippen molar-refractivity contribution in [2.75, 3.05) is 7.11 Å². The van der Waals surface area contributed by atoms with Gasteiger partial charge in [-0.2, -0.15) is 0 Å². The number of oxime groups is 1. The average molecular weight is 342 g/mol. The van der Waals surface area contributed by atoms with Gasteiger partial charge in [0.15, 0.2) is 0 Å². The number of hydrogen-bond acceptors (Lipinski definition) is 6. The van der Waals surface area contributed by atoms with Crippen molar-refractivity contribution in [3.8, 4) is 0 Å². The Morgan fingerprint density at radius 1 is 1.24 bits per heavy atom. The van der Waals surface area contributed by atoms with Crippen LogP contribution in [0.2, 0.25) is 0 Å². The Balaban J connectivity index is 1.58. The van der Waals surface area contributed by atoms with E-state index in [-0.39, 0.29) is 18.2 Å². The van der Waals surface area contributed by atoms with Crippen molar-refractivity contribution in [3.05, 3.63) is 59.5 Å². The molecule has 3 rings (SSSR count). The normalized spacial score (nSPS) is 19.0. The molecule has 1 aliphatic heterocycles. The van der Waals surface area contributed by atoms with Gasteiger partial charge in [-0.25, -0.2) is 4.79 Å². The molecule has 0 spiro atoms. The fourth-order valence-electron chi connectivity index (χ4n) is 2.48. The molecule has 0 saturated carbocycles. The van der Waals surface area contributed by atoms with E-state index >= 15 is 0 Å². The first-order valence-corrected chi connectivity index (χ1v) is 7.77. The lowest BCUT2D eigenvalue weighted by molar-refractivity contribution is -0.141. The summed E-state index contributed by atoms with van der Waals surface area (Å²) in [4.78, 5) is 29.2. The van der Waals surface area contributed by atoms with Gasteiger partial charge in [0.25, 0.3) is 5.91 Å². The number of ether oxygens (including phenoxy) is 1. The third kappa shape index (κ3) is 3.55. The number of hydrogen-bond donors (Lipinski definition) is 1. The molecule has 7 nitrogen and oxygen atoms in total. The van der Waals surface area contributed by atoms with Crippen LogP contribution in [-0.4, -0.2) is 30.3 Å². The van der Waals surface area contributed by atoms with Gasteiger partial charge in [-0.1, -0.05) is 35.5 Å². The molecule has 0 fully saturated rings. The van der Waals surface area contributed by atoms with Crippen LogP contribution in [0.3, 0.4) is 0 Å². The predicted octanol–water partition coefficient (Wildman–Crippen LogP) is 2.27. The fraction of sp³-hybridized carbons (Fsp3) is 0.278. The average Bonchev–Trinajstić information content (AvgIpc) is 3.27. The minimum atomic E-state index is -1.08. The molecule has 0 saturated heterocycles. The third-order valence-electron chi connectivity index (χ3n) is 3.92. The maximum atomic E-state index is 12.5. The van der Waals surface area contributed by atoms with Crippen molar-refractivity contribution >= 4 is 17.6 Å². The lowest BCUT2D eigenvalue weighted by atomic mass is 9.95. The van der Waals surface area contributed by atoms with Gasteiger partial charge in [0.05, 0.1) is 19.4 Å². The molecule has 0 aliphatic carbocycles. The Morgan fingerprint density at radius 2 is 2.00 bits per heavy atom. The van der Waals surface area contributed by atoms with Gasteiger partial charge in [0.1, 0.15) is 5.76 Å². The Labute approximate surface area is 144 Å². The molecule has 1 aromatic carbocycles. The summed E-state index contributed by atoms with van der Waals surface area (Å²) in [5.74, 6) is -0.341. The Hall–Kier alpha value is -3.09. The SMILES string of the molecule is COC(=O)c1ccc(CNC(=O)C2(C)CC(c3ccccc3)=NO2)o1. The molecule has 2 heterocycles. The van der Waals surface area contributed by atoms with Crippen molar-refractivity contribution in [2.45, 2.75) is 25.5 Å². The van der Waals surface area contributed by atoms with E-state index < -0.39 is 11.6 Å². The molecule has 0 bridgehead atoms. The van der Waals surface area contributed by atoms with Gasteiger partial charge in [-0.05, 0) is 24.6 Å². The summed E-state index contributed by atoms with van der Waals surface area (Å²) in [7, 11) is 1.27. The van der Waals surface area contributed by atoms with Crippen molar-refractivity contribution in [1.82, 2.24) is 5.32 Å². The monoisotopic (exact) mass is 342 g/mol. The van der Waals surface area contributed by atoms with E-state index in [1.54, 1.807) is 13.0 Å². The second-order valence-corrected chi connectivity index (χ2v) is 5.84. The summed E-state index contributed by atoms with van der Waals surface area (Å²) in [6.07, 6.45) is 0.369. The van der Waals surface area contributed by atoms with E-state index in [0.29, 0.717) is 12.2 Å². The number of carbonyl (C=O) groups excluding carboxylic acids is 2. The number of benzene rings is 1. The summed E-state index contributed by atoms with van der Waals surface area (Å²) in [6.45, 7) is 1.82. The molecule has 1 N–H and O–H groups in total. The van der Waals surface area contributed by atoms with Crippen LogP contribution in [-0.2, 0) is 20.9 Å². The quantitative estimate of drug-likeness (QED) is 0.842. The summed E-state index contributed by atoms with van der Waals surface area (Å²) >= 11 is 0. The number of rotatable bonds is 5. The largest absolute Gasteiger partial charge is 0.463 e. The van der Waals surface area contributed by atoms with E-state index in [2.05, 4.69) is 15.2 Å². The maximum Gasteiger partial charge on any atom is 0.373 e. The molecular weight excluding hydrogens is 324 g/mol. The number of carbonyl (C=O) groups is 2. The van der Waals surface area contributed by atoms with E-state index in [9.17, 15) is 9.59 Å². The third-order valence-corrected chi connectivity index (χ3v) is 3.92. The van der Waals surface area contributed by atoms with Crippen molar-refractivity contribution in [1.29, 1.82) is 0 Å². The molecule has 1 aliphatic rings. The van der Waals surface area contributed by atoms with Gasteiger partial charge in [0, 0.05) is 6.42 Å². The highest BCUT2D eigenvalue weighted by atomic mass is 16.7. The highest BCUT2D eigenvalue weighted by molar-refractivity contribution is 6.05. The number of amides is 1. The number of nitrogens with zero attached hydrogens (tertiary/aromatic N) is 1. The fourth-order valence-corrected chi connectivity index (χ4v) is 2.48. The predicted molar refractivity (Wildman–Crippen MR) is 89.0 cm³/mol. The highest BCUT2D eigenvalue weighted by Crippen LogP contribution is 2.27. The number of esters is 1. The molecule has 1 amide bonds. The highest BCUT2D eigenvalue weighted by Gasteiger charge is 2.42. The van der Waals surface area contributed by atoms with Crippen LogP contribution in [0, 0.1) is 0 Å². The summed E-state index contributed by atoms with van der Waals surface area (Å²) in [5, 5.41) is 6.79. The zero-order valence-electron chi connectivity index (χ0n) is 13.9. The first-order valence-electron chi connectivity index (χ1n) is 7.77. The second-order valence-electron chi connectivity index (χ2n) is 5.84. The molecule has 0 radical (unpaired) electrons. The van der Waals surface area contributed by atoms with Crippen LogP contribution < -0.4 is 5.32 Å². The smallest absolute Gasteiger partial charge is 0.373 e. The van der Waals surface area contributed by atoms with Crippen molar-refractivity contribution in [2.24, 2.45) is 5.16 Å². The summed E-state index contributed by atoms with van der Waals surface area (Å²) < 4.78 is 9.89.